The van der Waals surface area contributed by atoms with Gasteiger partial charge in [0.05, 0.1) is 5.75 Å². The van der Waals surface area contributed by atoms with E-state index in [4.69, 9.17) is 9.47 Å². The van der Waals surface area contributed by atoms with E-state index in [9.17, 15) is 9.59 Å². The highest BCUT2D eigenvalue weighted by atomic mass is 32.2. The predicted octanol–water partition coefficient (Wildman–Crippen LogP) is 1.47. The van der Waals surface area contributed by atoms with Crippen molar-refractivity contribution in [2.75, 3.05) is 12.5 Å². The lowest BCUT2D eigenvalue weighted by Gasteiger charge is -2.02. The van der Waals surface area contributed by atoms with Crippen molar-refractivity contribution in [2.24, 2.45) is 0 Å². The Labute approximate surface area is 118 Å². The zero-order valence-corrected chi connectivity index (χ0v) is 11.1. The molecule has 1 N–H and O–H groups in total. The number of H-pyrrole nitrogens is 1. The van der Waals surface area contributed by atoms with Crippen LogP contribution < -0.4 is 15.0 Å². The Morgan fingerprint density at radius 3 is 3.00 bits per heavy atom. The highest BCUT2D eigenvalue weighted by Gasteiger charge is 2.16. The van der Waals surface area contributed by atoms with Crippen molar-refractivity contribution < 1.29 is 14.3 Å². The second kappa shape index (κ2) is 5.38. The summed E-state index contributed by atoms with van der Waals surface area (Å²) in [7, 11) is 0. The minimum Gasteiger partial charge on any atom is -0.454 e. The maximum absolute atomic E-state index is 12.1. The normalized spacial score (nSPS) is 12.4. The molecule has 2 heterocycles. The number of Topliss-reactive ketones (excluding diaryl/α,β-unsaturated/α-hetero) is 1. The quantitative estimate of drug-likeness (QED) is 0.522. The molecular weight excluding hydrogens is 280 g/mol. The van der Waals surface area contributed by atoms with Crippen LogP contribution in [0.1, 0.15) is 10.4 Å². The number of aromatic amines is 1. The van der Waals surface area contributed by atoms with Crippen LogP contribution in [0.2, 0.25) is 0 Å². The van der Waals surface area contributed by atoms with Gasteiger partial charge >= 0.3 is 0 Å². The third kappa shape index (κ3) is 2.67. The molecule has 2 aromatic rings. The van der Waals surface area contributed by atoms with Crippen LogP contribution in [-0.2, 0) is 0 Å². The van der Waals surface area contributed by atoms with E-state index in [2.05, 4.69) is 9.97 Å². The van der Waals surface area contributed by atoms with E-state index in [1.165, 1.54) is 24.0 Å². The van der Waals surface area contributed by atoms with Crippen molar-refractivity contribution >= 4 is 17.5 Å². The van der Waals surface area contributed by atoms with Gasteiger partial charge in [-0.25, -0.2) is 4.98 Å². The third-order valence-electron chi connectivity index (χ3n) is 2.68. The van der Waals surface area contributed by atoms with Crippen molar-refractivity contribution in [3.05, 3.63) is 46.4 Å². The van der Waals surface area contributed by atoms with Crippen LogP contribution in [0.3, 0.4) is 0 Å². The number of hydrogen-bond acceptors (Lipinski definition) is 6. The van der Waals surface area contributed by atoms with Crippen LogP contribution >= 0.6 is 11.8 Å². The molecule has 1 aromatic carbocycles. The number of carbonyl (C=O) groups is 1. The summed E-state index contributed by atoms with van der Waals surface area (Å²) >= 11 is 1.18. The molecule has 102 valence electrons. The number of ether oxygens (including phenoxy) is 2. The average Bonchev–Trinajstić information content (AvgIpc) is 2.92. The van der Waals surface area contributed by atoms with Gasteiger partial charge in [-0.2, -0.15) is 0 Å². The number of rotatable bonds is 4. The Morgan fingerprint density at radius 2 is 2.15 bits per heavy atom. The molecule has 6 nitrogen and oxygen atoms in total. The van der Waals surface area contributed by atoms with Gasteiger partial charge in [0.25, 0.3) is 5.56 Å². The number of fused-ring (bicyclic) bond motifs is 1. The summed E-state index contributed by atoms with van der Waals surface area (Å²) in [6.45, 7) is 0.177. The number of benzene rings is 1. The Hall–Kier alpha value is -2.28. The number of nitrogens with one attached hydrogen (secondary N) is 1. The summed E-state index contributed by atoms with van der Waals surface area (Å²) in [4.78, 5) is 29.7. The highest BCUT2D eigenvalue weighted by Crippen LogP contribution is 2.32. The molecule has 7 heteroatoms. The van der Waals surface area contributed by atoms with Crippen LogP contribution in [0.4, 0.5) is 0 Å². The monoisotopic (exact) mass is 290 g/mol. The third-order valence-corrected chi connectivity index (χ3v) is 3.57. The van der Waals surface area contributed by atoms with Gasteiger partial charge in [0.2, 0.25) is 6.79 Å². The van der Waals surface area contributed by atoms with E-state index in [0.29, 0.717) is 22.2 Å². The molecule has 20 heavy (non-hydrogen) atoms. The van der Waals surface area contributed by atoms with Crippen molar-refractivity contribution in [3.63, 3.8) is 0 Å². The number of hydrogen-bond donors (Lipinski definition) is 1. The molecule has 0 radical (unpaired) electrons. The molecule has 0 saturated heterocycles. The number of ketones is 1. The summed E-state index contributed by atoms with van der Waals surface area (Å²) in [5.74, 6) is 1.34. The summed E-state index contributed by atoms with van der Waals surface area (Å²) in [6.07, 6.45) is 1.41. The van der Waals surface area contributed by atoms with Gasteiger partial charge in [0.15, 0.2) is 22.4 Å². The van der Waals surface area contributed by atoms with Crippen molar-refractivity contribution in [3.8, 4) is 11.5 Å². The van der Waals surface area contributed by atoms with E-state index in [1.807, 2.05) is 0 Å². The zero-order valence-electron chi connectivity index (χ0n) is 10.3. The van der Waals surface area contributed by atoms with E-state index >= 15 is 0 Å². The maximum atomic E-state index is 12.1. The number of carbonyl (C=O) groups excluding carboxylic acids is 1. The fraction of sp³-hybridized carbons (Fsp3) is 0.154. The first-order valence-corrected chi connectivity index (χ1v) is 6.82. The molecule has 1 aromatic heterocycles. The molecule has 0 saturated carbocycles. The lowest BCUT2D eigenvalue weighted by molar-refractivity contribution is 0.102. The van der Waals surface area contributed by atoms with Gasteiger partial charge in [-0.3, -0.25) is 9.59 Å². The summed E-state index contributed by atoms with van der Waals surface area (Å²) < 4.78 is 10.4. The smallest absolute Gasteiger partial charge is 0.251 e. The molecule has 0 atom stereocenters. The van der Waals surface area contributed by atoms with E-state index in [0.717, 1.165) is 0 Å². The topological polar surface area (TPSA) is 81.3 Å². The van der Waals surface area contributed by atoms with Gasteiger partial charge in [-0.15, -0.1) is 0 Å². The second-order valence-corrected chi connectivity index (χ2v) is 4.98. The van der Waals surface area contributed by atoms with Gasteiger partial charge in [0.1, 0.15) is 0 Å². The fourth-order valence-electron chi connectivity index (χ4n) is 1.71. The summed E-state index contributed by atoms with van der Waals surface area (Å²) in [6, 6.07) is 6.39. The second-order valence-electron chi connectivity index (χ2n) is 4.02. The minimum atomic E-state index is -0.238. The SMILES string of the molecule is O=C(CSc1nccc(=O)[nH]1)c1ccc2c(c1)OCO2. The van der Waals surface area contributed by atoms with Crippen LogP contribution in [0.5, 0.6) is 11.5 Å². The van der Waals surface area contributed by atoms with Crippen molar-refractivity contribution in [1.29, 1.82) is 0 Å². The number of thioether (sulfide) groups is 1. The zero-order chi connectivity index (χ0) is 13.9. The average molecular weight is 290 g/mol. The molecule has 0 bridgehead atoms. The Morgan fingerprint density at radius 1 is 1.30 bits per heavy atom. The highest BCUT2D eigenvalue weighted by molar-refractivity contribution is 7.99. The van der Waals surface area contributed by atoms with Crippen molar-refractivity contribution in [1.82, 2.24) is 9.97 Å². The molecule has 3 rings (SSSR count). The molecule has 0 fully saturated rings. The Bertz CT molecular complexity index is 714. The van der Waals surface area contributed by atoms with Crippen molar-refractivity contribution in [2.45, 2.75) is 5.16 Å². The van der Waals surface area contributed by atoms with Crippen LogP contribution in [0.15, 0.2) is 40.4 Å². The van der Waals surface area contributed by atoms with Crippen LogP contribution in [0.25, 0.3) is 0 Å². The van der Waals surface area contributed by atoms with Crippen LogP contribution in [-0.4, -0.2) is 28.3 Å². The standard InChI is InChI=1S/C13H10N2O4S/c16-9(6-20-13-14-4-3-12(17)15-13)8-1-2-10-11(5-8)19-7-18-10/h1-5H,6-7H2,(H,14,15,17). The largest absolute Gasteiger partial charge is 0.454 e. The Balaban J connectivity index is 1.69. The van der Waals surface area contributed by atoms with E-state index in [-0.39, 0.29) is 23.9 Å². The molecule has 0 aliphatic carbocycles. The van der Waals surface area contributed by atoms with Gasteiger partial charge < -0.3 is 14.5 Å². The predicted molar refractivity (Wildman–Crippen MR) is 72.5 cm³/mol. The summed E-state index contributed by atoms with van der Waals surface area (Å²) in [5, 5.41) is 0.423. The molecular formula is C13H10N2O4S. The molecule has 1 aliphatic heterocycles. The lowest BCUT2D eigenvalue weighted by atomic mass is 10.1. The first kappa shape index (κ1) is 12.7. The molecule has 1 aliphatic rings. The van der Waals surface area contributed by atoms with E-state index < -0.39 is 0 Å². The summed E-state index contributed by atoms with van der Waals surface area (Å²) in [5.41, 5.74) is 0.304. The molecule has 0 unspecified atom stereocenters. The number of nitrogens with zero attached hydrogens (tertiary/aromatic N) is 1. The van der Waals surface area contributed by atoms with Gasteiger partial charge in [0, 0.05) is 17.8 Å². The van der Waals surface area contributed by atoms with Gasteiger partial charge in [-0.1, -0.05) is 11.8 Å². The lowest BCUT2D eigenvalue weighted by Crippen LogP contribution is -2.08. The first-order valence-electron chi connectivity index (χ1n) is 5.83. The van der Waals surface area contributed by atoms with Gasteiger partial charge in [-0.05, 0) is 18.2 Å². The maximum Gasteiger partial charge on any atom is 0.251 e. The first-order chi connectivity index (χ1) is 9.72. The molecule has 0 spiro atoms. The minimum absolute atomic E-state index is 0.0696. The number of aromatic nitrogens is 2. The fourth-order valence-corrected chi connectivity index (χ4v) is 2.46. The van der Waals surface area contributed by atoms with Crippen LogP contribution in [0, 0.1) is 0 Å². The molecule has 0 amide bonds. The Kier molecular flexibility index (Phi) is 3.42. The van der Waals surface area contributed by atoms with E-state index in [1.54, 1.807) is 18.2 Å².